The van der Waals surface area contributed by atoms with Crippen LogP contribution in [0.1, 0.15) is 28.5 Å². The van der Waals surface area contributed by atoms with Crippen molar-refractivity contribution in [2.24, 2.45) is 0 Å². The molecule has 1 N–H and O–H groups in total. The summed E-state index contributed by atoms with van der Waals surface area (Å²) in [5, 5.41) is 3.28. The van der Waals surface area contributed by atoms with E-state index in [0.29, 0.717) is 28.7 Å². The number of nitrogens with one attached hydrogen (secondary N) is 1. The van der Waals surface area contributed by atoms with Crippen LogP contribution in [0, 0.1) is 18.6 Å². The van der Waals surface area contributed by atoms with Crippen molar-refractivity contribution in [3.8, 4) is 5.75 Å². The first-order valence-corrected chi connectivity index (χ1v) is 8.81. The molecule has 0 aliphatic heterocycles. The molecule has 0 atom stereocenters. The molecule has 3 rings (SSSR count). The number of likely N-dealkylation sites (N-methyl/N-ethyl adjacent to an activating group) is 1. The largest absolute Gasteiger partial charge is 0.494 e. The molecule has 0 fully saturated rings. The summed E-state index contributed by atoms with van der Waals surface area (Å²) in [5.41, 5.74) is 1.70. The van der Waals surface area contributed by atoms with Crippen LogP contribution in [-0.4, -0.2) is 30.0 Å². The maximum atomic E-state index is 14.4. The van der Waals surface area contributed by atoms with Gasteiger partial charge in [-0.1, -0.05) is 0 Å². The van der Waals surface area contributed by atoms with Gasteiger partial charge in [-0.05, 0) is 49.7 Å². The minimum Gasteiger partial charge on any atom is -0.494 e. The van der Waals surface area contributed by atoms with E-state index in [1.54, 1.807) is 6.92 Å². The molecule has 7 heteroatoms. The Bertz CT molecular complexity index is 1060. The van der Waals surface area contributed by atoms with Crippen LogP contribution in [0.4, 0.5) is 8.78 Å². The van der Waals surface area contributed by atoms with E-state index in [1.807, 2.05) is 6.92 Å². The fourth-order valence-electron chi connectivity index (χ4n) is 3.26. The highest BCUT2D eigenvalue weighted by molar-refractivity contribution is 6.05. The van der Waals surface area contributed by atoms with Crippen LogP contribution in [-0.2, 0) is 11.2 Å². The first-order chi connectivity index (χ1) is 13.4. The summed E-state index contributed by atoms with van der Waals surface area (Å²) in [7, 11) is 1.35. The molecule has 146 valence electrons. The Balaban J connectivity index is 2.22. The van der Waals surface area contributed by atoms with Crippen LogP contribution >= 0.6 is 0 Å². The normalized spacial score (nSPS) is 10.9. The third-order valence-corrected chi connectivity index (χ3v) is 4.61. The van der Waals surface area contributed by atoms with E-state index in [1.165, 1.54) is 48.1 Å². The van der Waals surface area contributed by atoms with Gasteiger partial charge in [-0.15, -0.1) is 0 Å². The summed E-state index contributed by atoms with van der Waals surface area (Å²) in [6.07, 6.45) is 0.0364. The number of halogens is 2. The van der Waals surface area contributed by atoms with Gasteiger partial charge in [0.15, 0.2) is 11.6 Å². The molecule has 0 aliphatic rings. The third kappa shape index (κ3) is 3.47. The number of carbonyl (C=O) groups is 2. The monoisotopic (exact) mass is 386 g/mol. The number of ether oxygens (including phenoxy) is 1. The summed E-state index contributed by atoms with van der Waals surface area (Å²) in [6.45, 7) is 3.98. The fourth-order valence-corrected chi connectivity index (χ4v) is 3.26. The van der Waals surface area contributed by atoms with E-state index in [9.17, 15) is 18.4 Å². The van der Waals surface area contributed by atoms with Crippen LogP contribution in [0.25, 0.3) is 10.9 Å². The van der Waals surface area contributed by atoms with Crippen molar-refractivity contribution in [1.82, 2.24) is 9.88 Å². The van der Waals surface area contributed by atoms with E-state index < -0.39 is 17.5 Å². The van der Waals surface area contributed by atoms with Crippen LogP contribution in [0.2, 0.25) is 0 Å². The van der Waals surface area contributed by atoms with Crippen molar-refractivity contribution in [2.75, 3.05) is 13.7 Å². The summed E-state index contributed by atoms with van der Waals surface area (Å²) >= 11 is 0. The second kappa shape index (κ2) is 7.80. The van der Waals surface area contributed by atoms with E-state index in [-0.39, 0.29) is 23.6 Å². The van der Waals surface area contributed by atoms with Gasteiger partial charge < -0.3 is 10.1 Å². The first-order valence-electron chi connectivity index (χ1n) is 8.81. The Hall–Kier alpha value is -3.22. The van der Waals surface area contributed by atoms with Gasteiger partial charge >= 0.3 is 0 Å². The second-order valence-corrected chi connectivity index (χ2v) is 6.35. The number of aromatic nitrogens is 1. The van der Waals surface area contributed by atoms with E-state index in [0.717, 1.165) is 0 Å². The molecule has 28 heavy (non-hydrogen) atoms. The summed E-state index contributed by atoms with van der Waals surface area (Å²) in [6, 6.07) is 7.81. The van der Waals surface area contributed by atoms with Gasteiger partial charge in [-0.25, -0.2) is 8.78 Å². The molecular formula is C21H20F2N2O3. The number of benzene rings is 2. The zero-order valence-corrected chi connectivity index (χ0v) is 15.8. The number of fused-ring (bicyclic) bond motifs is 1. The molecule has 3 aromatic rings. The van der Waals surface area contributed by atoms with Crippen molar-refractivity contribution in [3.05, 3.63) is 64.9 Å². The van der Waals surface area contributed by atoms with Gasteiger partial charge in [0.25, 0.3) is 5.91 Å². The number of nitrogens with zero attached hydrogens (tertiary/aromatic N) is 1. The van der Waals surface area contributed by atoms with E-state index >= 15 is 0 Å². The molecule has 5 nitrogen and oxygen atoms in total. The van der Waals surface area contributed by atoms with Gasteiger partial charge in [-0.3, -0.25) is 14.2 Å². The Kier molecular flexibility index (Phi) is 5.44. The lowest BCUT2D eigenvalue weighted by molar-refractivity contribution is -0.120. The van der Waals surface area contributed by atoms with E-state index in [4.69, 9.17) is 4.74 Å². The molecule has 0 unspecified atom stereocenters. The second-order valence-electron chi connectivity index (χ2n) is 6.35. The average molecular weight is 386 g/mol. The number of hydrogen-bond donors (Lipinski definition) is 1. The molecule has 0 saturated carbocycles. The lowest BCUT2D eigenvalue weighted by atomic mass is 10.1. The van der Waals surface area contributed by atoms with Crippen LogP contribution in [0.15, 0.2) is 36.4 Å². The predicted molar refractivity (Wildman–Crippen MR) is 102 cm³/mol. The predicted octanol–water partition coefficient (Wildman–Crippen LogP) is 3.60. The highest BCUT2D eigenvalue weighted by Crippen LogP contribution is 2.32. The van der Waals surface area contributed by atoms with Crippen molar-refractivity contribution in [3.63, 3.8) is 0 Å². The Labute approximate surface area is 160 Å². The van der Waals surface area contributed by atoms with Gasteiger partial charge in [0.05, 0.1) is 19.0 Å². The van der Waals surface area contributed by atoms with Gasteiger partial charge in [-0.2, -0.15) is 0 Å². The Morgan fingerprint density at radius 3 is 2.43 bits per heavy atom. The molecule has 1 amide bonds. The fraction of sp³-hybridized carbons (Fsp3) is 0.238. The number of rotatable bonds is 5. The standard InChI is InChI=1S/C21H20F2N2O3/c1-4-24-20(26)10-15-12(2)25(21(27)13-5-7-14(22)8-6-13)18-11-17(23)19(28-3)9-16(15)18/h5-9,11H,4,10H2,1-3H3,(H,24,26). The van der Waals surface area contributed by atoms with Crippen molar-refractivity contribution in [1.29, 1.82) is 0 Å². The lowest BCUT2D eigenvalue weighted by Crippen LogP contribution is -2.24. The molecule has 0 saturated heterocycles. The Morgan fingerprint density at radius 1 is 1.14 bits per heavy atom. The quantitative estimate of drug-likeness (QED) is 0.729. The molecule has 0 bridgehead atoms. The maximum Gasteiger partial charge on any atom is 0.262 e. The molecule has 1 aromatic heterocycles. The van der Waals surface area contributed by atoms with Crippen LogP contribution in [0.3, 0.4) is 0 Å². The zero-order chi connectivity index (χ0) is 20.4. The molecule has 1 heterocycles. The Morgan fingerprint density at radius 2 is 1.82 bits per heavy atom. The first kappa shape index (κ1) is 19.5. The van der Waals surface area contributed by atoms with Crippen molar-refractivity contribution in [2.45, 2.75) is 20.3 Å². The minimum absolute atomic E-state index is 0.0241. The van der Waals surface area contributed by atoms with Gasteiger partial charge in [0, 0.05) is 29.3 Å². The third-order valence-electron chi connectivity index (χ3n) is 4.61. The smallest absolute Gasteiger partial charge is 0.262 e. The van der Waals surface area contributed by atoms with Crippen molar-refractivity contribution < 1.29 is 23.1 Å². The molecule has 2 aromatic carbocycles. The van der Waals surface area contributed by atoms with Crippen LogP contribution in [0.5, 0.6) is 5.75 Å². The minimum atomic E-state index is -0.620. The number of carbonyl (C=O) groups excluding carboxylic acids is 2. The lowest BCUT2D eigenvalue weighted by Gasteiger charge is -2.08. The maximum absolute atomic E-state index is 14.4. The number of hydrogen-bond acceptors (Lipinski definition) is 3. The highest BCUT2D eigenvalue weighted by Gasteiger charge is 2.23. The topological polar surface area (TPSA) is 60.3 Å². The molecular weight excluding hydrogens is 366 g/mol. The van der Waals surface area contributed by atoms with Crippen molar-refractivity contribution >= 4 is 22.7 Å². The SMILES string of the molecule is CCNC(=O)Cc1c(C)n(C(=O)c2ccc(F)cc2)c2cc(F)c(OC)cc12. The summed E-state index contributed by atoms with van der Waals surface area (Å²) in [4.78, 5) is 25.2. The zero-order valence-electron chi connectivity index (χ0n) is 15.8. The molecule has 0 spiro atoms. The van der Waals surface area contributed by atoms with Crippen LogP contribution < -0.4 is 10.1 Å². The summed E-state index contributed by atoms with van der Waals surface area (Å²) in [5.74, 6) is -1.70. The highest BCUT2D eigenvalue weighted by atomic mass is 19.1. The number of methoxy groups -OCH3 is 1. The number of amides is 1. The van der Waals surface area contributed by atoms with Gasteiger partial charge in [0.1, 0.15) is 5.82 Å². The van der Waals surface area contributed by atoms with Gasteiger partial charge in [0.2, 0.25) is 5.91 Å². The molecule has 0 radical (unpaired) electrons. The van der Waals surface area contributed by atoms with E-state index in [2.05, 4.69) is 5.32 Å². The molecule has 0 aliphatic carbocycles. The summed E-state index contributed by atoms with van der Waals surface area (Å²) < 4.78 is 34.0. The average Bonchev–Trinajstić information content (AvgIpc) is 2.92.